The summed E-state index contributed by atoms with van der Waals surface area (Å²) >= 11 is 0. The van der Waals surface area contributed by atoms with E-state index in [0.29, 0.717) is 41.4 Å². The van der Waals surface area contributed by atoms with E-state index in [1.54, 1.807) is 52.8 Å². The third-order valence-electron chi connectivity index (χ3n) is 6.60. The third kappa shape index (κ3) is 8.19. The zero-order chi connectivity index (χ0) is 31.4. The number of nitrogens with zero attached hydrogens (tertiary/aromatic N) is 1. The van der Waals surface area contributed by atoms with E-state index >= 15 is 4.39 Å². The van der Waals surface area contributed by atoms with E-state index in [-0.39, 0.29) is 72.2 Å². The molecule has 0 aliphatic carbocycles. The fraction of sp³-hybridized carbons (Fsp3) is 0.531. The van der Waals surface area contributed by atoms with Gasteiger partial charge in [-0.15, -0.1) is 17.0 Å². The third-order valence-corrected chi connectivity index (χ3v) is 6.60. The van der Waals surface area contributed by atoms with E-state index in [2.05, 4.69) is 0 Å². The van der Waals surface area contributed by atoms with Gasteiger partial charge in [-0.25, -0.2) is 4.39 Å². The van der Waals surface area contributed by atoms with Crippen LogP contribution in [0, 0.1) is 16.6 Å². The molecule has 238 valence electrons. The average molecular weight is 668 g/mol. The van der Waals surface area contributed by atoms with Gasteiger partial charge in [0.15, 0.2) is 34.6 Å². The Morgan fingerprint density at radius 3 is 2.00 bits per heavy atom. The van der Waals surface area contributed by atoms with Crippen LogP contribution in [0.3, 0.4) is 0 Å². The van der Waals surface area contributed by atoms with E-state index in [0.717, 1.165) is 0 Å². The number of halogens is 2. The van der Waals surface area contributed by atoms with Crippen molar-refractivity contribution < 1.29 is 37.7 Å². The average Bonchev–Trinajstić information content (AvgIpc) is 3.20. The standard InChI is InChI=1S/C32H43FN2O7.BrH/c1-10-38-23-14-19(13-21(31(4,5)6)27(23)41-18-42-30(37)32(7,8)9)22(36)17-35-16-20-15-24(39-11-2)28(40-12-3)26(33)25(20)29(35)34;/h13-15,34H,10-12,16-18H2,1-9H3;1H. The van der Waals surface area contributed by atoms with Crippen LogP contribution in [-0.2, 0) is 21.5 Å². The molecule has 0 saturated carbocycles. The summed E-state index contributed by atoms with van der Waals surface area (Å²) in [7, 11) is 0. The Bertz CT molecular complexity index is 1350. The van der Waals surface area contributed by atoms with Crippen LogP contribution in [0.25, 0.3) is 0 Å². The van der Waals surface area contributed by atoms with Crippen LogP contribution in [0.15, 0.2) is 18.2 Å². The lowest BCUT2D eigenvalue weighted by molar-refractivity contribution is -0.159. The van der Waals surface area contributed by atoms with Gasteiger partial charge in [0.05, 0.1) is 37.3 Å². The first-order valence-corrected chi connectivity index (χ1v) is 14.2. The molecule has 0 aromatic heterocycles. The Labute approximate surface area is 264 Å². The second-order valence-electron chi connectivity index (χ2n) is 12.0. The van der Waals surface area contributed by atoms with E-state index in [1.165, 1.54) is 4.90 Å². The molecule has 0 fully saturated rings. The highest BCUT2D eigenvalue weighted by Gasteiger charge is 2.34. The van der Waals surface area contributed by atoms with Gasteiger partial charge in [0, 0.05) is 17.7 Å². The second kappa shape index (κ2) is 14.4. The van der Waals surface area contributed by atoms with Crippen LogP contribution in [0.4, 0.5) is 4.39 Å². The first-order valence-electron chi connectivity index (χ1n) is 14.2. The summed E-state index contributed by atoms with van der Waals surface area (Å²) in [6.45, 7) is 17.1. The summed E-state index contributed by atoms with van der Waals surface area (Å²) in [6, 6.07) is 5.00. The number of fused-ring (bicyclic) bond motifs is 1. The molecule has 11 heteroatoms. The number of Topliss-reactive ketones (excluding diaryl/α,β-unsaturated/α-hetero) is 1. The highest BCUT2D eigenvalue weighted by molar-refractivity contribution is 8.93. The minimum Gasteiger partial charge on any atom is -0.490 e. The maximum absolute atomic E-state index is 15.5. The van der Waals surface area contributed by atoms with Crippen molar-refractivity contribution >= 4 is 34.6 Å². The molecule has 1 aliphatic heterocycles. The number of amidine groups is 1. The molecule has 0 unspecified atom stereocenters. The molecule has 2 aromatic carbocycles. The van der Waals surface area contributed by atoms with E-state index in [4.69, 9.17) is 29.1 Å². The Hall–Kier alpha value is -3.34. The highest BCUT2D eigenvalue weighted by Crippen LogP contribution is 2.41. The summed E-state index contributed by atoms with van der Waals surface area (Å²) < 4.78 is 43.7. The molecule has 1 aliphatic rings. The largest absolute Gasteiger partial charge is 0.490 e. The molecule has 0 amide bonds. The summed E-state index contributed by atoms with van der Waals surface area (Å²) in [4.78, 5) is 27.4. The number of rotatable bonds is 12. The normalized spacial score (nSPS) is 12.8. The number of nitrogens with one attached hydrogen (secondary N) is 1. The van der Waals surface area contributed by atoms with Gasteiger partial charge in [0.25, 0.3) is 0 Å². The van der Waals surface area contributed by atoms with E-state index in [1.807, 2.05) is 27.7 Å². The van der Waals surface area contributed by atoms with Crippen LogP contribution < -0.4 is 18.9 Å². The lowest BCUT2D eigenvalue weighted by atomic mass is 9.84. The zero-order valence-electron chi connectivity index (χ0n) is 26.6. The van der Waals surface area contributed by atoms with E-state index in [9.17, 15) is 9.59 Å². The Morgan fingerprint density at radius 1 is 0.884 bits per heavy atom. The summed E-state index contributed by atoms with van der Waals surface area (Å²) in [5.74, 6) is -0.474. The van der Waals surface area contributed by atoms with Gasteiger partial charge in [0.2, 0.25) is 6.79 Å². The Morgan fingerprint density at radius 2 is 1.47 bits per heavy atom. The summed E-state index contributed by atoms with van der Waals surface area (Å²) in [5.41, 5.74) is 0.561. The molecule has 0 spiro atoms. The predicted molar refractivity (Wildman–Crippen MR) is 168 cm³/mol. The first kappa shape index (κ1) is 35.9. The monoisotopic (exact) mass is 666 g/mol. The molecule has 9 nitrogen and oxygen atoms in total. The highest BCUT2D eigenvalue weighted by atomic mass is 79.9. The molecular weight excluding hydrogens is 623 g/mol. The molecule has 43 heavy (non-hydrogen) atoms. The summed E-state index contributed by atoms with van der Waals surface area (Å²) in [5, 5.41) is 8.68. The van der Waals surface area contributed by atoms with E-state index < -0.39 is 22.6 Å². The molecule has 3 rings (SSSR count). The van der Waals surface area contributed by atoms with Crippen LogP contribution >= 0.6 is 17.0 Å². The van der Waals surface area contributed by atoms with Crippen molar-refractivity contribution in [3.63, 3.8) is 0 Å². The van der Waals surface area contributed by atoms with Gasteiger partial charge in [-0.1, -0.05) is 20.8 Å². The van der Waals surface area contributed by atoms with Crippen LogP contribution in [0.1, 0.15) is 89.4 Å². The minimum absolute atomic E-state index is 0. The predicted octanol–water partition coefficient (Wildman–Crippen LogP) is 6.85. The maximum Gasteiger partial charge on any atom is 0.314 e. The van der Waals surface area contributed by atoms with Gasteiger partial charge >= 0.3 is 5.97 Å². The number of hydrogen-bond donors (Lipinski definition) is 1. The minimum atomic E-state index is -0.684. The molecule has 1 heterocycles. The molecule has 1 N–H and O–H groups in total. The fourth-order valence-corrected chi connectivity index (χ4v) is 4.51. The quantitative estimate of drug-likeness (QED) is 0.149. The van der Waals surface area contributed by atoms with Crippen LogP contribution in [0.5, 0.6) is 23.0 Å². The number of ether oxygens (including phenoxy) is 5. The van der Waals surface area contributed by atoms with Crippen molar-refractivity contribution in [1.29, 1.82) is 5.41 Å². The van der Waals surface area contributed by atoms with Crippen molar-refractivity contribution in [3.8, 4) is 23.0 Å². The van der Waals surface area contributed by atoms with Crippen molar-refractivity contribution in [2.45, 2.75) is 74.3 Å². The van der Waals surface area contributed by atoms with Crippen molar-refractivity contribution in [2.75, 3.05) is 33.2 Å². The molecule has 0 atom stereocenters. The van der Waals surface area contributed by atoms with Gasteiger partial charge in [-0.05, 0) is 70.7 Å². The van der Waals surface area contributed by atoms with Crippen molar-refractivity contribution in [2.24, 2.45) is 5.41 Å². The second-order valence-corrected chi connectivity index (χ2v) is 12.0. The fourth-order valence-electron chi connectivity index (χ4n) is 4.51. The van der Waals surface area contributed by atoms with Gasteiger partial charge in [-0.3, -0.25) is 15.0 Å². The van der Waals surface area contributed by atoms with Crippen LogP contribution in [-0.4, -0.2) is 55.6 Å². The number of ketones is 1. The number of carbonyl (C=O) groups is 2. The van der Waals surface area contributed by atoms with Gasteiger partial charge < -0.3 is 28.6 Å². The lowest BCUT2D eigenvalue weighted by Crippen LogP contribution is -2.31. The lowest BCUT2D eigenvalue weighted by Gasteiger charge is -2.26. The molecule has 0 radical (unpaired) electrons. The topological polar surface area (TPSA) is 107 Å². The first-order chi connectivity index (χ1) is 19.6. The van der Waals surface area contributed by atoms with Gasteiger partial charge in [0.1, 0.15) is 5.84 Å². The van der Waals surface area contributed by atoms with Gasteiger partial charge in [-0.2, -0.15) is 0 Å². The Kier molecular flexibility index (Phi) is 12.0. The van der Waals surface area contributed by atoms with Crippen molar-refractivity contribution in [3.05, 3.63) is 46.3 Å². The SMILES string of the molecule is Br.CCOc1cc(C(=O)CN2Cc3cc(OCC)c(OCC)c(F)c3C2=N)cc(C(C)(C)C)c1OCOC(=O)C(C)(C)C. The molecule has 2 aromatic rings. The Balaban J connectivity index is 0.00000645. The smallest absolute Gasteiger partial charge is 0.314 e. The number of benzene rings is 2. The molecule has 0 saturated heterocycles. The summed E-state index contributed by atoms with van der Waals surface area (Å²) in [6.07, 6.45) is 0. The number of esters is 1. The number of hydrogen-bond acceptors (Lipinski definition) is 8. The molecule has 0 bridgehead atoms. The zero-order valence-corrected chi connectivity index (χ0v) is 28.3. The molecular formula is C32H44BrFN2O7. The maximum atomic E-state index is 15.5. The van der Waals surface area contributed by atoms with Crippen LogP contribution in [0.2, 0.25) is 0 Å². The van der Waals surface area contributed by atoms with Crippen molar-refractivity contribution in [1.82, 2.24) is 4.90 Å². The number of carbonyl (C=O) groups excluding carboxylic acids is 2.